The van der Waals surface area contributed by atoms with E-state index < -0.39 is 0 Å². The first-order valence-corrected chi connectivity index (χ1v) is 4.70. The number of rotatable bonds is 3. The molecule has 1 rings (SSSR count). The monoisotopic (exact) mass is 162 g/mol. The van der Waals surface area contributed by atoms with Gasteiger partial charge in [0.2, 0.25) is 0 Å². The molecule has 0 fully saturated rings. The average Bonchev–Trinajstić information content (AvgIpc) is 2.09. The molecule has 0 amide bonds. The molecule has 0 unspecified atom stereocenters. The molecule has 0 heterocycles. The fraction of sp³-hybridized carbons (Fsp3) is 0.500. The predicted molar refractivity (Wildman–Crippen MR) is 55.1 cm³/mol. The van der Waals surface area contributed by atoms with Crippen molar-refractivity contribution in [3.8, 4) is 0 Å². The fourth-order valence-corrected chi connectivity index (χ4v) is 1.45. The van der Waals surface area contributed by atoms with Crippen LogP contribution < -0.4 is 0 Å². The SMILES string of the molecule is C=C[C@@H](C)CC1=CC=C(C)CC1. The fourth-order valence-electron chi connectivity index (χ4n) is 1.45. The molecule has 0 N–H and O–H groups in total. The van der Waals surface area contributed by atoms with E-state index in [-0.39, 0.29) is 0 Å². The summed E-state index contributed by atoms with van der Waals surface area (Å²) in [4.78, 5) is 0. The third kappa shape index (κ3) is 2.69. The van der Waals surface area contributed by atoms with Crippen LogP contribution in [0.1, 0.15) is 33.1 Å². The molecule has 0 aromatic rings. The zero-order chi connectivity index (χ0) is 8.97. The third-order valence-electron chi connectivity index (χ3n) is 2.43. The van der Waals surface area contributed by atoms with Gasteiger partial charge in [-0.05, 0) is 32.1 Å². The van der Waals surface area contributed by atoms with Crippen molar-refractivity contribution in [3.05, 3.63) is 36.0 Å². The quantitative estimate of drug-likeness (QED) is 0.553. The van der Waals surface area contributed by atoms with Crippen LogP contribution in [-0.2, 0) is 0 Å². The first-order chi connectivity index (χ1) is 5.72. The van der Waals surface area contributed by atoms with Gasteiger partial charge in [0.05, 0.1) is 0 Å². The standard InChI is InChI=1S/C12H18/c1-4-10(2)9-12-7-5-11(3)6-8-12/h4-5,7,10H,1,6,8-9H2,2-3H3/t10-/m1/s1. The van der Waals surface area contributed by atoms with E-state index in [0.717, 1.165) is 0 Å². The van der Waals surface area contributed by atoms with Crippen LogP contribution in [0.25, 0.3) is 0 Å². The van der Waals surface area contributed by atoms with Crippen LogP contribution in [0.5, 0.6) is 0 Å². The van der Waals surface area contributed by atoms with Gasteiger partial charge in [-0.15, -0.1) is 6.58 Å². The van der Waals surface area contributed by atoms with Gasteiger partial charge in [0.25, 0.3) is 0 Å². The van der Waals surface area contributed by atoms with Gasteiger partial charge >= 0.3 is 0 Å². The molecule has 0 bridgehead atoms. The third-order valence-corrected chi connectivity index (χ3v) is 2.43. The molecular formula is C12H18. The molecule has 0 radical (unpaired) electrons. The lowest BCUT2D eigenvalue weighted by Gasteiger charge is -2.14. The Balaban J connectivity index is 2.49. The number of hydrogen-bond acceptors (Lipinski definition) is 0. The largest absolute Gasteiger partial charge is 0.103 e. The van der Waals surface area contributed by atoms with Crippen molar-refractivity contribution in [2.75, 3.05) is 0 Å². The minimum Gasteiger partial charge on any atom is -0.103 e. The van der Waals surface area contributed by atoms with E-state index in [1.54, 1.807) is 5.57 Å². The van der Waals surface area contributed by atoms with Crippen LogP contribution in [0.3, 0.4) is 0 Å². The Morgan fingerprint density at radius 3 is 2.75 bits per heavy atom. The van der Waals surface area contributed by atoms with E-state index in [2.05, 4.69) is 32.6 Å². The summed E-state index contributed by atoms with van der Waals surface area (Å²) in [6, 6.07) is 0. The zero-order valence-corrected chi connectivity index (χ0v) is 8.14. The molecule has 1 aliphatic rings. The summed E-state index contributed by atoms with van der Waals surface area (Å²) in [5, 5.41) is 0. The highest BCUT2D eigenvalue weighted by molar-refractivity contribution is 5.23. The Kier molecular flexibility index (Phi) is 3.33. The van der Waals surface area contributed by atoms with Crippen LogP contribution in [0.15, 0.2) is 36.0 Å². The average molecular weight is 162 g/mol. The van der Waals surface area contributed by atoms with Crippen LogP contribution >= 0.6 is 0 Å². The predicted octanol–water partition coefficient (Wildman–Crippen LogP) is 3.87. The lowest BCUT2D eigenvalue weighted by atomic mass is 9.92. The summed E-state index contributed by atoms with van der Waals surface area (Å²) < 4.78 is 0. The molecule has 0 aliphatic heterocycles. The van der Waals surface area contributed by atoms with Crippen LogP contribution in [0, 0.1) is 5.92 Å². The summed E-state index contributed by atoms with van der Waals surface area (Å²) in [7, 11) is 0. The zero-order valence-electron chi connectivity index (χ0n) is 8.14. The summed E-state index contributed by atoms with van der Waals surface area (Å²) in [6.07, 6.45) is 10.2. The molecule has 1 aliphatic carbocycles. The Labute approximate surface area is 75.7 Å². The molecular weight excluding hydrogens is 144 g/mol. The minimum atomic E-state index is 0.628. The van der Waals surface area contributed by atoms with Gasteiger partial charge in [-0.2, -0.15) is 0 Å². The van der Waals surface area contributed by atoms with Crippen molar-refractivity contribution in [2.45, 2.75) is 33.1 Å². The van der Waals surface area contributed by atoms with Crippen molar-refractivity contribution in [2.24, 2.45) is 5.92 Å². The van der Waals surface area contributed by atoms with E-state index in [1.165, 1.54) is 24.8 Å². The molecule has 0 spiro atoms. The lowest BCUT2D eigenvalue weighted by Crippen LogP contribution is -1.96. The second-order valence-electron chi connectivity index (χ2n) is 3.76. The van der Waals surface area contributed by atoms with E-state index in [0.29, 0.717) is 5.92 Å². The molecule has 0 nitrogen and oxygen atoms in total. The smallest absolute Gasteiger partial charge is 0.0227 e. The highest BCUT2D eigenvalue weighted by Gasteiger charge is 2.05. The van der Waals surface area contributed by atoms with Gasteiger partial charge in [0.1, 0.15) is 0 Å². The molecule has 0 heteroatoms. The van der Waals surface area contributed by atoms with Crippen molar-refractivity contribution in [1.82, 2.24) is 0 Å². The van der Waals surface area contributed by atoms with Crippen molar-refractivity contribution in [3.63, 3.8) is 0 Å². The lowest BCUT2D eigenvalue weighted by molar-refractivity contribution is 0.684. The Bertz CT molecular complexity index is 218. The van der Waals surface area contributed by atoms with E-state index >= 15 is 0 Å². The Morgan fingerprint density at radius 1 is 1.50 bits per heavy atom. The van der Waals surface area contributed by atoms with Crippen molar-refractivity contribution >= 4 is 0 Å². The van der Waals surface area contributed by atoms with Gasteiger partial charge in [0, 0.05) is 0 Å². The summed E-state index contributed by atoms with van der Waals surface area (Å²) in [6.45, 7) is 8.22. The first kappa shape index (κ1) is 9.31. The molecule has 0 saturated carbocycles. The van der Waals surface area contributed by atoms with E-state index in [9.17, 15) is 0 Å². The van der Waals surface area contributed by atoms with Crippen LogP contribution in [-0.4, -0.2) is 0 Å². The first-order valence-electron chi connectivity index (χ1n) is 4.70. The topological polar surface area (TPSA) is 0 Å². The van der Waals surface area contributed by atoms with Gasteiger partial charge in [-0.1, -0.05) is 36.3 Å². The van der Waals surface area contributed by atoms with Crippen molar-refractivity contribution in [1.29, 1.82) is 0 Å². The molecule has 12 heavy (non-hydrogen) atoms. The van der Waals surface area contributed by atoms with Crippen LogP contribution in [0.2, 0.25) is 0 Å². The van der Waals surface area contributed by atoms with Gasteiger partial charge in [-0.25, -0.2) is 0 Å². The molecule has 66 valence electrons. The van der Waals surface area contributed by atoms with E-state index in [4.69, 9.17) is 0 Å². The maximum absolute atomic E-state index is 3.80. The van der Waals surface area contributed by atoms with Crippen LogP contribution in [0.4, 0.5) is 0 Å². The highest BCUT2D eigenvalue weighted by Crippen LogP contribution is 2.23. The molecule has 0 saturated heterocycles. The summed E-state index contributed by atoms with van der Waals surface area (Å²) >= 11 is 0. The second kappa shape index (κ2) is 4.30. The summed E-state index contributed by atoms with van der Waals surface area (Å²) in [5.74, 6) is 0.628. The second-order valence-corrected chi connectivity index (χ2v) is 3.76. The maximum Gasteiger partial charge on any atom is -0.0227 e. The highest BCUT2D eigenvalue weighted by atomic mass is 14.1. The number of hydrogen-bond donors (Lipinski definition) is 0. The summed E-state index contributed by atoms with van der Waals surface area (Å²) in [5.41, 5.74) is 3.08. The minimum absolute atomic E-state index is 0.628. The molecule has 1 atom stereocenters. The van der Waals surface area contributed by atoms with E-state index in [1.807, 2.05) is 6.08 Å². The molecule has 0 aromatic carbocycles. The normalized spacial score (nSPS) is 19.5. The van der Waals surface area contributed by atoms with Gasteiger partial charge in [-0.3, -0.25) is 0 Å². The van der Waals surface area contributed by atoms with Crippen molar-refractivity contribution < 1.29 is 0 Å². The maximum atomic E-state index is 3.80. The van der Waals surface area contributed by atoms with Gasteiger partial charge < -0.3 is 0 Å². The Morgan fingerprint density at radius 2 is 2.25 bits per heavy atom. The number of allylic oxidation sites excluding steroid dienone is 5. The van der Waals surface area contributed by atoms with Gasteiger partial charge in [0.15, 0.2) is 0 Å². The molecule has 0 aromatic heterocycles. The Hall–Kier alpha value is -0.780.